The van der Waals surface area contributed by atoms with Crippen molar-refractivity contribution in [1.82, 2.24) is 4.98 Å². The highest BCUT2D eigenvalue weighted by Gasteiger charge is 2.26. The second-order valence-electron chi connectivity index (χ2n) is 4.62. The van der Waals surface area contributed by atoms with E-state index >= 15 is 0 Å². The van der Waals surface area contributed by atoms with Crippen LogP contribution in [0.15, 0.2) is 10.7 Å². The van der Waals surface area contributed by atoms with E-state index in [2.05, 4.69) is 4.98 Å². The Bertz CT molecular complexity index is 349. The van der Waals surface area contributed by atoms with Crippen molar-refractivity contribution in [2.24, 2.45) is 0 Å². The quantitative estimate of drug-likeness (QED) is 0.784. The maximum absolute atomic E-state index is 9.95. The Morgan fingerprint density at radius 1 is 1.50 bits per heavy atom. The van der Waals surface area contributed by atoms with Gasteiger partial charge in [0.1, 0.15) is 12.0 Å². The summed E-state index contributed by atoms with van der Waals surface area (Å²) < 4.78 is 5.29. The van der Waals surface area contributed by atoms with E-state index < -0.39 is 5.60 Å². The van der Waals surface area contributed by atoms with Crippen LogP contribution < -0.4 is 4.90 Å². The molecule has 1 aliphatic rings. The normalized spacial score (nSPS) is 26.8. The van der Waals surface area contributed by atoms with Gasteiger partial charge in [-0.2, -0.15) is 4.98 Å². The van der Waals surface area contributed by atoms with E-state index in [1.165, 1.54) is 6.26 Å². The van der Waals surface area contributed by atoms with Gasteiger partial charge in [-0.15, -0.1) is 0 Å². The lowest BCUT2D eigenvalue weighted by Gasteiger charge is -2.21. The van der Waals surface area contributed by atoms with Gasteiger partial charge in [0.2, 0.25) is 0 Å². The SMILES string of the molecule is CC1(O)CCCN(c2nc(CO)co2)CC1. The summed E-state index contributed by atoms with van der Waals surface area (Å²) in [6.07, 6.45) is 3.91. The van der Waals surface area contributed by atoms with Gasteiger partial charge in [-0.05, 0) is 26.2 Å². The molecule has 0 aromatic carbocycles. The summed E-state index contributed by atoms with van der Waals surface area (Å²) in [4.78, 5) is 6.18. The van der Waals surface area contributed by atoms with Crippen LogP contribution in [0.25, 0.3) is 0 Å². The van der Waals surface area contributed by atoms with Crippen LogP contribution in [0.4, 0.5) is 6.01 Å². The van der Waals surface area contributed by atoms with Gasteiger partial charge in [0.25, 0.3) is 6.01 Å². The molecular weight excluding hydrogens is 208 g/mol. The molecule has 90 valence electrons. The number of rotatable bonds is 2. The number of oxazole rings is 1. The fourth-order valence-corrected chi connectivity index (χ4v) is 1.97. The molecule has 2 rings (SSSR count). The fraction of sp³-hybridized carbons (Fsp3) is 0.727. The van der Waals surface area contributed by atoms with Crippen molar-refractivity contribution in [2.75, 3.05) is 18.0 Å². The van der Waals surface area contributed by atoms with Gasteiger partial charge in [0, 0.05) is 13.1 Å². The first kappa shape index (κ1) is 11.4. The first-order valence-corrected chi connectivity index (χ1v) is 5.63. The summed E-state index contributed by atoms with van der Waals surface area (Å²) in [7, 11) is 0. The van der Waals surface area contributed by atoms with Crippen molar-refractivity contribution in [3.63, 3.8) is 0 Å². The van der Waals surface area contributed by atoms with Crippen molar-refractivity contribution < 1.29 is 14.6 Å². The summed E-state index contributed by atoms with van der Waals surface area (Å²) >= 11 is 0. The topological polar surface area (TPSA) is 69.7 Å². The first-order chi connectivity index (χ1) is 7.61. The number of anilines is 1. The summed E-state index contributed by atoms with van der Waals surface area (Å²) in [5, 5.41) is 18.9. The molecule has 1 aromatic rings. The molecule has 16 heavy (non-hydrogen) atoms. The second-order valence-corrected chi connectivity index (χ2v) is 4.62. The molecule has 1 aliphatic heterocycles. The molecule has 1 atom stereocenters. The van der Waals surface area contributed by atoms with Gasteiger partial charge >= 0.3 is 0 Å². The van der Waals surface area contributed by atoms with Crippen molar-refractivity contribution in [3.8, 4) is 0 Å². The van der Waals surface area contributed by atoms with Crippen LogP contribution >= 0.6 is 0 Å². The number of aliphatic hydroxyl groups excluding tert-OH is 1. The molecule has 5 heteroatoms. The molecular formula is C11H18N2O3. The van der Waals surface area contributed by atoms with Crippen LogP contribution in [-0.4, -0.2) is 33.9 Å². The number of aliphatic hydroxyl groups is 2. The van der Waals surface area contributed by atoms with Crippen LogP contribution in [0.5, 0.6) is 0 Å². The predicted molar refractivity (Wildman–Crippen MR) is 59.1 cm³/mol. The van der Waals surface area contributed by atoms with E-state index in [0.29, 0.717) is 18.1 Å². The van der Waals surface area contributed by atoms with E-state index in [0.717, 1.165) is 25.9 Å². The Hall–Kier alpha value is -1.07. The Labute approximate surface area is 94.7 Å². The predicted octanol–water partition coefficient (Wildman–Crippen LogP) is 0.908. The van der Waals surface area contributed by atoms with Gasteiger partial charge in [0.05, 0.1) is 12.2 Å². The highest BCUT2D eigenvalue weighted by atomic mass is 16.4. The molecule has 5 nitrogen and oxygen atoms in total. The number of aromatic nitrogens is 1. The van der Waals surface area contributed by atoms with Crippen molar-refractivity contribution in [1.29, 1.82) is 0 Å². The highest BCUT2D eigenvalue weighted by molar-refractivity contribution is 5.27. The summed E-state index contributed by atoms with van der Waals surface area (Å²) in [5.41, 5.74) is -0.0350. The molecule has 0 aliphatic carbocycles. The largest absolute Gasteiger partial charge is 0.432 e. The Kier molecular flexibility index (Phi) is 3.16. The zero-order valence-electron chi connectivity index (χ0n) is 9.52. The second kappa shape index (κ2) is 4.43. The molecule has 1 saturated heterocycles. The molecule has 0 amide bonds. The van der Waals surface area contributed by atoms with Gasteiger partial charge in [-0.25, -0.2) is 0 Å². The minimum atomic E-state index is -0.582. The van der Waals surface area contributed by atoms with Crippen LogP contribution in [0.2, 0.25) is 0 Å². The third-order valence-corrected chi connectivity index (χ3v) is 3.04. The summed E-state index contributed by atoms with van der Waals surface area (Å²) in [6, 6.07) is 0.543. The monoisotopic (exact) mass is 226 g/mol. The molecule has 1 fully saturated rings. The van der Waals surface area contributed by atoms with E-state index in [9.17, 15) is 5.11 Å². The van der Waals surface area contributed by atoms with Gasteiger partial charge < -0.3 is 19.5 Å². The fourth-order valence-electron chi connectivity index (χ4n) is 1.97. The van der Waals surface area contributed by atoms with Crippen molar-refractivity contribution in [3.05, 3.63) is 12.0 Å². The van der Waals surface area contributed by atoms with E-state index in [1.54, 1.807) is 0 Å². The maximum atomic E-state index is 9.95. The van der Waals surface area contributed by atoms with E-state index in [1.807, 2.05) is 11.8 Å². The van der Waals surface area contributed by atoms with Crippen LogP contribution in [0.1, 0.15) is 31.9 Å². The molecule has 2 N–H and O–H groups in total. The van der Waals surface area contributed by atoms with Gasteiger partial charge in [-0.1, -0.05) is 0 Å². The summed E-state index contributed by atoms with van der Waals surface area (Å²) in [5.74, 6) is 0. The molecule has 0 spiro atoms. The molecule has 0 radical (unpaired) electrons. The molecule has 0 saturated carbocycles. The Morgan fingerprint density at radius 2 is 2.31 bits per heavy atom. The standard InChI is InChI=1S/C11H18N2O3/c1-11(15)3-2-5-13(6-4-11)10-12-9(7-14)8-16-10/h8,14-15H,2-7H2,1H3. The average Bonchev–Trinajstić information content (AvgIpc) is 2.64. The molecule has 1 aromatic heterocycles. The minimum Gasteiger partial charge on any atom is -0.432 e. The maximum Gasteiger partial charge on any atom is 0.297 e. The van der Waals surface area contributed by atoms with Crippen LogP contribution in [0, 0.1) is 0 Å². The molecule has 1 unspecified atom stereocenters. The zero-order valence-corrected chi connectivity index (χ0v) is 9.52. The van der Waals surface area contributed by atoms with E-state index in [4.69, 9.17) is 9.52 Å². The zero-order chi connectivity index (χ0) is 11.6. The van der Waals surface area contributed by atoms with Crippen LogP contribution in [-0.2, 0) is 6.61 Å². The lowest BCUT2D eigenvalue weighted by Crippen LogP contribution is -2.28. The van der Waals surface area contributed by atoms with Crippen LogP contribution in [0.3, 0.4) is 0 Å². The smallest absolute Gasteiger partial charge is 0.297 e. The third-order valence-electron chi connectivity index (χ3n) is 3.04. The average molecular weight is 226 g/mol. The summed E-state index contributed by atoms with van der Waals surface area (Å²) in [6.45, 7) is 3.33. The Balaban J connectivity index is 2.04. The highest BCUT2D eigenvalue weighted by Crippen LogP contribution is 2.24. The number of nitrogens with zero attached hydrogens (tertiary/aromatic N) is 2. The first-order valence-electron chi connectivity index (χ1n) is 5.63. The van der Waals surface area contributed by atoms with Crippen molar-refractivity contribution >= 4 is 6.01 Å². The lowest BCUT2D eigenvalue weighted by molar-refractivity contribution is 0.0481. The minimum absolute atomic E-state index is 0.102. The van der Waals surface area contributed by atoms with E-state index in [-0.39, 0.29) is 6.61 Å². The van der Waals surface area contributed by atoms with Crippen molar-refractivity contribution in [2.45, 2.75) is 38.4 Å². The molecule has 2 heterocycles. The number of hydrogen-bond acceptors (Lipinski definition) is 5. The lowest BCUT2D eigenvalue weighted by atomic mass is 9.98. The Morgan fingerprint density at radius 3 is 3.00 bits per heavy atom. The molecule has 0 bridgehead atoms. The number of hydrogen-bond donors (Lipinski definition) is 2. The van der Waals surface area contributed by atoms with Gasteiger partial charge in [-0.3, -0.25) is 0 Å². The third kappa shape index (κ3) is 2.54. The van der Waals surface area contributed by atoms with Gasteiger partial charge in [0.15, 0.2) is 0 Å².